The number of aromatic amines is 1. The van der Waals surface area contributed by atoms with Crippen LogP contribution in [0.4, 0.5) is 4.79 Å². The average molecular weight is 591 g/mol. The molecule has 3 aliphatic rings. The van der Waals surface area contributed by atoms with Gasteiger partial charge in [-0.2, -0.15) is 5.26 Å². The van der Waals surface area contributed by atoms with Crippen molar-refractivity contribution in [2.75, 3.05) is 53.0 Å². The van der Waals surface area contributed by atoms with Crippen molar-refractivity contribution in [1.29, 1.82) is 5.26 Å². The molecule has 2 aliphatic heterocycles. The van der Waals surface area contributed by atoms with Gasteiger partial charge in [-0.05, 0) is 36.6 Å². The number of rotatable bonds is 5. The zero-order valence-corrected chi connectivity index (χ0v) is 23.0. The summed E-state index contributed by atoms with van der Waals surface area (Å²) in [4.78, 5) is 20.1. The molecule has 1 aromatic carbocycles. The van der Waals surface area contributed by atoms with E-state index in [0.29, 0.717) is 19.6 Å². The zero-order chi connectivity index (χ0) is 23.9. The van der Waals surface area contributed by atoms with Crippen molar-refractivity contribution in [3.63, 3.8) is 0 Å². The molecule has 2 aromatic rings. The number of H-pyrrole nitrogens is 1. The van der Waals surface area contributed by atoms with Crippen LogP contribution < -0.4 is 29.3 Å². The number of quaternary nitrogens is 1. The van der Waals surface area contributed by atoms with Gasteiger partial charge in [0.15, 0.2) is 6.19 Å². The number of morpholine rings is 1. The molecule has 8 nitrogen and oxygen atoms in total. The minimum Gasteiger partial charge on any atom is -1.00 e. The Morgan fingerprint density at radius 3 is 2.74 bits per heavy atom. The first-order valence-corrected chi connectivity index (χ1v) is 12.4. The minimum atomic E-state index is -0.202. The summed E-state index contributed by atoms with van der Waals surface area (Å²) >= 11 is 0. The Kier molecular flexibility index (Phi) is 7.64. The van der Waals surface area contributed by atoms with Gasteiger partial charge in [0.25, 0.3) is 0 Å². The van der Waals surface area contributed by atoms with E-state index in [1.54, 1.807) is 4.90 Å². The number of fused-ring (bicyclic) bond motifs is 2. The van der Waals surface area contributed by atoms with Crippen LogP contribution in [0.25, 0.3) is 16.5 Å². The summed E-state index contributed by atoms with van der Waals surface area (Å²) < 4.78 is 6.57. The highest BCUT2D eigenvalue weighted by molar-refractivity contribution is 5.99. The maximum absolute atomic E-state index is 12.7. The van der Waals surface area contributed by atoms with Crippen LogP contribution in [0.2, 0.25) is 0 Å². The van der Waals surface area contributed by atoms with Gasteiger partial charge in [0, 0.05) is 30.4 Å². The maximum Gasteiger partial charge on any atom is 0.317 e. The third-order valence-electron chi connectivity index (χ3n) is 7.81. The number of nitrogens with zero attached hydrogens (tertiary/aromatic N) is 4. The fraction of sp³-hybridized carbons (Fsp3) is 0.538. The number of hydrogen-bond acceptors (Lipinski definition) is 4. The van der Waals surface area contributed by atoms with E-state index in [2.05, 4.69) is 47.8 Å². The van der Waals surface area contributed by atoms with Crippen LogP contribution in [-0.2, 0) is 17.7 Å². The van der Waals surface area contributed by atoms with Crippen molar-refractivity contribution in [3.05, 3.63) is 41.1 Å². The first-order chi connectivity index (χ1) is 16.5. The molecule has 0 spiro atoms. The second-order valence-corrected chi connectivity index (χ2v) is 9.97. The predicted molar refractivity (Wildman–Crippen MR) is 132 cm³/mol. The molecule has 0 radical (unpaired) electrons. The Morgan fingerprint density at radius 2 is 2.06 bits per heavy atom. The first kappa shape index (κ1) is 25.8. The SMILES string of the molecule is CCN(CC)C(=O)N[C@H]1C=C2c3cccc4[nH]c(C[N+]5(C)CCOCC5)c(c34)C[C@H]2N(C#N)C1.[I-]. The van der Waals surface area contributed by atoms with Gasteiger partial charge in [-0.15, -0.1) is 0 Å². The molecule has 188 valence electrons. The molecule has 1 aromatic heterocycles. The topological polar surface area (TPSA) is 84.4 Å². The summed E-state index contributed by atoms with van der Waals surface area (Å²) in [5.74, 6) is 0. The van der Waals surface area contributed by atoms with Crippen LogP contribution in [-0.4, -0.2) is 90.4 Å². The van der Waals surface area contributed by atoms with E-state index in [1.807, 2.05) is 18.7 Å². The number of nitrogens with one attached hydrogen (secondary N) is 2. The van der Waals surface area contributed by atoms with Crippen molar-refractivity contribution in [1.82, 2.24) is 20.1 Å². The molecule has 1 fully saturated rings. The molecule has 0 bridgehead atoms. The fourth-order valence-corrected chi connectivity index (χ4v) is 5.82. The number of benzene rings is 1. The molecular weight excluding hydrogens is 555 g/mol. The lowest BCUT2D eigenvalue weighted by molar-refractivity contribution is -0.929. The molecule has 2 N–H and O–H groups in total. The standard InChI is InChI=1S/C26H34N6O2.HI/c1-4-30(5-2)26(33)28-18-13-20-19-7-6-8-22-25(19)21(14-24(20)31(15-18)17-27)23(29-22)16-32(3)9-11-34-12-10-32;/h6-8,13,18,24,29H,4-5,9-12,14-16H2,1-3H3;1H/t18-,24+;/m0./s1. The smallest absolute Gasteiger partial charge is 0.317 e. The van der Waals surface area contributed by atoms with Crippen LogP contribution in [0.15, 0.2) is 24.3 Å². The molecule has 5 rings (SSSR count). The summed E-state index contributed by atoms with van der Waals surface area (Å²) in [6, 6.07) is 6.11. The van der Waals surface area contributed by atoms with Crippen molar-refractivity contribution in [3.8, 4) is 6.19 Å². The quantitative estimate of drug-likeness (QED) is 0.284. The largest absolute Gasteiger partial charge is 1.00 e. The fourth-order valence-electron chi connectivity index (χ4n) is 5.82. The maximum atomic E-state index is 12.7. The number of carbonyl (C=O) groups is 1. The van der Waals surface area contributed by atoms with Gasteiger partial charge in [0.05, 0.1) is 44.6 Å². The van der Waals surface area contributed by atoms with E-state index in [-0.39, 0.29) is 42.1 Å². The van der Waals surface area contributed by atoms with Gasteiger partial charge >= 0.3 is 6.03 Å². The van der Waals surface area contributed by atoms with E-state index in [9.17, 15) is 10.1 Å². The summed E-state index contributed by atoms with van der Waals surface area (Å²) in [5.41, 5.74) is 6.09. The molecule has 0 saturated carbocycles. The molecule has 0 unspecified atom stereocenters. The van der Waals surface area contributed by atoms with Crippen LogP contribution in [0.5, 0.6) is 0 Å². The number of ether oxygens (including phenoxy) is 1. The minimum absolute atomic E-state index is 0. The second-order valence-electron chi connectivity index (χ2n) is 9.97. The van der Waals surface area contributed by atoms with Crippen LogP contribution in [0.1, 0.15) is 30.7 Å². The van der Waals surface area contributed by atoms with Crippen LogP contribution in [0.3, 0.4) is 0 Å². The Hall–Kier alpha value is -2.29. The normalized spacial score (nSPS) is 22.5. The van der Waals surface area contributed by atoms with Gasteiger partial charge in [-0.1, -0.05) is 18.2 Å². The van der Waals surface area contributed by atoms with Crippen LogP contribution in [0, 0.1) is 11.5 Å². The lowest BCUT2D eigenvalue weighted by Crippen LogP contribution is -3.00. The van der Waals surface area contributed by atoms with Crippen molar-refractivity contribution in [2.24, 2.45) is 0 Å². The van der Waals surface area contributed by atoms with E-state index >= 15 is 0 Å². The molecule has 35 heavy (non-hydrogen) atoms. The Labute approximate surface area is 224 Å². The average Bonchev–Trinajstić information content (AvgIpc) is 3.17. The number of carbonyl (C=O) groups excluding carboxylic acids is 1. The summed E-state index contributed by atoms with van der Waals surface area (Å²) in [5, 5.41) is 14.5. The number of halogens is 1. The summed E-state index contributed by atoms with van der Waals surface area (Å²) in [6.45, 7) is 10.3. The number of amides is 2. The van der Waals surface area contributed by atoms with Crippen molar-refractivity contribution < 1.29 is 38.0 Å². The molecule has 3 heterocycles. The number of urea groups is 1. The van der Waals surface area contributed by atoms with Gasteiger partial charge in [-0.3, -0.25) is 0 Å². The number of likely N-dealkylation sites (N-methyl/N-ethyl adjacent to an activating group) is 1. The number of hydrogen-bond donors (Lipinski definition) is 2. The van der Waals surface area contributed by atoms with Crippen molar-refractivity contribution >= 4 is 22.5 Å². The molecule has 1 saturated heterocycles. The highest BCUT2D eigenvalue weighted by Crippen LogP contribution is 2.42. The molecular formula is C26H35IN6O2. The van der Waals surface area contributed by atoms with E-state index < -0.39 is 0 Å². The zero-order valence-electron chi connectivity index (χ0n) is 20.8. The summed E-state index contributed by atoms with van der Waals surface area (Å²) in [6.07, 6.45) is 5.41. The highest BCUT2D eigenvalue weighted by Gasteiger charge is 2.38. The summed E-state index contributed by atoms with van der Waals surface area (Å²) in [7, 11) is 2.31. The van der Waals surface area contributed by atoms with Gasteiger partial charge < -0.3 is 53.3 Å². The first-order valence-electron chi connectivity index (χ1n) is 12.4. The van der Waals surface area contributed by atoms with E-state index in [0.717, 1.165) is 54.8 Å². The Balaban J connectivity index is 0.00000289. The lowest BCUT2D eigenvalue weighted by atomic mass is 9.80. The second kappa shape index (κ2) is 10.4. The molecule has 1 aliphatic carbocycles. The Morgan fingerprint density at radius 1 is 1.31 bits per heavy atom. The number of aromatic nitrogens is 1. The lowest BCUT2D eigenvalue weighted by Gasteiger charge is -2.40. The van der Waals surface area contributed by atoms with E-state index in [1.165, 1.54) is 22.2 Å². The highest BCUT2D eigenvalue weighted by atomic mass is 127. The van der Waals surface area contributed by atoms with Gasteiger partial charge in [0.1, 0.15) is 19.6 Å². The predicted octanol–water partition coefficient (Wildman–Crippen LogP) is -0.327. The third-order valence-corrected chi connectivity index (χ3v) is 7.81. The Bertz CT molecular complexity index is 1160. The monoisotopic (exact) mass is 590 g/mol. The van der Waals surface area contributed by atoms with Gasteiger partial charge in [-0.25, -0.2) is 4.79 Å². The van der Waals surface area contributed by atoms with Crippen molar-refractivity contribution in [2.45, 2.75) is 38.9 Å². The molecule has 9 heteroatoms. The van der Waals surface area contributed by atoms with Crippen LogP contribution >= 0.6 is 0 Å². The third kappa shape index (κ3) is 4.76. The van der Waals surface area contributed by atoms with E-state index in [4.69, 9.17) is 4.74 Å². The number of nitriles is 1. The molecule has 2 amide bonds. The molecule has 2 atom stereocenters. The van der Waals surface area contributed by atoms with Gasteiger partial charge in [0.2, 0.25) is 0 Å².